The lowest BCUT2D eigenvalue weighted by Crippen LogP contribution is -2.07. The quantitative estimate of drug-likeness (QED) is 0.611. The standard InChI is InChI=1S/C15H21N3O2/c1-11-9-12(2)18-15(13(11)10-16)17-8-6-4-5-7-14(19)20-3/h9H,4-8H2,1-3H3,(H,17,18). The highest BCUT2D eigenvalue weighted by atomic mass is 16.5. The molecule has 0 saturated heterocycles. The van der Waals surface area contributed by atoms with Gasteiger partial charge < -0.3 is 10.1 Å². The normalized spacial score (nSPS) is 9.90. The molecule has 108 valence electrons. The largest absolute Gasteiger partial charge is 0.469 e. The highest BCUT2D eigenvalue weighted by molar-refractivity contribution is 5.68. The number of rotatable bonds is 7. The van der Waals surface area contributed by atoms with Gasteiger partial charge in [-0.25, -0.2) is 4.98 Å². The van der Waals surface area contributed by atoms with Crippen molar-refractivity contribution in [3.63, 3.8) is 0 Å². The second kappa shape index (κ2) is 8.16. The van der Waals surface area contributed by atoms with Crippen LogP contribution in [0.5, 0.6) is 0 Å². The van der Waals surface area contributed by atoms with Gasteiger partial charge in [-0.2, -0.15) is 5.26 Å². The molecule has 0 aromatic carbocycles. The lowest BCUT2D eigenvalue weighted by Gasteiger charge is -2.10. The minimum atomic E-state index is -0.166. The summed E-state index contributed by atoms with van der Waals surface area (Å²) in [5, 5.41) is 12.3. The first-order valence-electron chi connectivity index (χ1n) is 6.77. The lowest BCUT2D eigenvalue weighted by molar-refractivity contribution is -0.140. The number of nitrogens with zero attached hydrogens (tertiary/aromatic N) is 2. The highest BCUT2D eigenvalue weighted by Gasteiger charge is 2.07. The molecule has 0 bridgehead atoms. The molecule has 1 aromatic heterocycles. The summed E-state index contributed by atoms with van der Waals surface area (Å²) in [7, 11) is 1.40. The van der Waals surface area contributed by atoms with Crippen LogP contribution < -0.4 is 5.32 Å². The van der Waals surface area contributed by atoms with Crippen LogP contribution >= 0.6 is 0 Å². The second-order valence-corrected chi connectivity index (χ2v) is 4.73. The number of aryl methyl sites for hydroxylation is 2. The minimum absolute atomic E-state index is 0.166. The van der Waals surface area contributed by atoms with E-state index in [1.54, 1.807) is 0 Å². The molecule has 1 heterocycles. The maximum Gasteiger partial charge on any atom is 0.305 e. The molecule has 0 saturated carbocycles. The number of methoxy groups -OCH3 is 1. The van der Waals surface area contributed by atoms with Gasteiger partial charge >= 0.3 is 5.97 Å². The number of nitriles is 1. The fourth-order valence-electron chi connectivity index (χ4n) is 1.99. The molecular weight excluding hydrogens is 254 g/mol. The summed E-state index contributed by atoms with van der Waals surface area (Å²) in [5.74, 6) is 0.485. The van der Waals surface area contributed by atoms with Crippen molar-refractivity contribution in [2.24, 2.45) is 0 Å². The molecule has 20 heavy (non-hydrogen) atoms. The molecule has 0 aliphatic rings. The zero-order valence-electron chi connectivity index (χ0n) is 12.3. The number of carbonyl (C=O) groups is 1. The maximum atomic E-state index is 10.9. The first kappa shape index (κ1) is 16.0. The van der Waals surface area contributed by atoms with Crippen LogP contribution in [0.1, 0.15) is 42.5 Å². The Morgan fingerprint density at radius 1 is 1.40 bits per heavy atom. The molecule has 1 N–H and O–H groups in total. The van der Waals surface area contributed by atoms with Gasteiger partial charge in [0.1, 0.15) is 11.9 Å². The molecule has 0 aliphatic carbocycles. The molecule has 0 atom stereocenters. The van der Waals surface area contributed by atoms with E-state index in [-0.39, 0.29) is 5.97 Å². The molecular formula is C15H21N3O2. The molecule has 0 spiro atoms. The lowest BCUT2D eigenvalue weighted by atomic mass is 10.1. The van der Waals surface area contributed by atoms with Crippen molar-refractivity contribution in [3.8, 4) is 6.07 Å². The van der Waals surface area contributed by atoms with Crippen molar-refractivity contribution in [3.05, 3.63) is 22.9 Å². The summed E-state index contributed by atoms with van der Waals surface area (Å²) in [6.07, 6.45) is 3.15. The van der Waals surface area contributed by atoms with Gasteiger partial charge in [-0.05, 0) is 38.3 Å². The highest BCUT2D eigenvalue weighted by Crippen LogP contribution is 2.17. The van der Waals surface area contributed by atoms with E-state index in [1.165, 1.54) is 7.11 Å². The summed E-state index contributed by atoms with van der Waals surface area (Å²) in [6, 6.07) is 4.08. The third-order valence-electron chi connectivity index (χ3n) is 3.03. The fourth-order valence-corrected chi connectivity index (χ4v) is 1.99. The summed E-state index contributed by atoms with van der Waals surface area (Å²) in [5.41, 5.74) is 2.44. The SMILES string of the molecule is COC(=O)CCCCCNc1nc(C)cc(C)c1C#N. The Hall–Kier alpha value is -2.09. The first-order valence-corrected chi connectivity index (χ1v) is 6.77. The number of nitrogens with one attached hydrogen (secondary N) is 1. The van der Waals surface area contributed by atoms with Crippen LogP contribution in [0.3, 0.4) is 0 Å². The predicted octanol–water partition coefficient (Wildman–Crippen LogP) is 2.72. The zero-order chi connectivity index (χ0) is 15.0. The molecule has 1 rings (SSSR count). The monoisotopic (exact) mass is 275 g/mol. The van der Waals surface area contributed by atoms with Crippen molar-refractivity contribution in [1.29, 1.82) is 5.26 Å². The van der Waals surface area contributed by atoms with E-state index in [4.69, 9.17) is 5.26 Å². The van der Waals surface area contributed by atoms with Crippen LogP contribution in [0.2, 0.25) is 0 Å². The Balaban J connectivity index is 2.39. The van der Waals surface area contributed by atoms with Gasteiger partial charge in [-0.1, -0.05) is 6.42 Å². The molecule has 1 aromatic rings. The molecule has 0 radical (unpaired) electrons. The van der Waals surface area contributed by atoms with Gasteiger partial charge in [0, 0.05) is 18.7 Å². The van der Waals surface area contributed by atoms with Gasteiger partial charge in [0.05, 0.1) is 12.7 Å². The number of hydrogen-bond donors (Lipinski definition) is 1. The minimum Gasteiger partial charge on any atom is -0.469 e. The van der Waals surface area contributed by atoms with Crippen molar-refractivity contribution in [2.45, 2.75) is 39.5 Å². The van der Waals surface area contributed by atoms with Crippen LogP contribution in [-0.4, -0.2) is 24.6 Å². The summed E-state index contributed by atoms with van der Waals surface area (Å²) in [6.45, 7) is 4.57. The van der Waals surface area contributed by atoms with Gasteiger partial charge in [0.2, 0.25) is 0 Å². The first-order chi connectivity index (χ1) is 9.58. The number of hydrogen-bond acceptors (Lipinski definition) is 5. The number of unbranched alkanes of at least 4 members (excludes halogenated alkanes) is 2. The Kier molecular flexibility index (Phi) is 6.51. The Labute approximate surface area is 120 Å². The van der Waals surface area contributed by atoms with Crippen LogP contribution in [0.25, 0.3) is 0 Å². The van der Waals surface area contributed by atoms with E-state index in [9.17, 15) is 4.79 Å². The number of pyridine rings is 1. The van der Waals surface area contributed by atoms with E-state index in [1.807, 2.05) is 19.9 Å². The number of aromatic nitrogens is 1. The van der Waals surface area contributed by atoms with Crippen molar-refractivity contribution in [1.82, 2.24) is 4.98 Å². The average Bonchev–Trinajstić information content (AvgIpc) is 2.41. The predicted molar refractivity (Wildman–Crippen MR) is 77.4 cm³/mol. The molecule has 0 amide bonds. The number of ether oxygens (including phenoxy) is 1. The van der Waals surface area contributed by atoms with Crippen LogP contribution in [-0.2, 0) is 9.53 Å². The van der Waals surface area contributed by atoms with E-state index < -0.39 is 0 Å². The van der Waals surface area contributed by atoms with Crippen LogP contribution in [0.15, 0.2) is 6.07 Å². The third kappa shape index (κ3) is 4.88. The van der Waals surface area contributed by atoms with Crippen molar-refractivity contribution >= 4 is 11.8 Å². The maximum absolute atomic E-state index is 10.9. The number of carbonyl (C=O) groups excluding carboxylic acids is 1. The summed E-state index contributed by atoms with van der Waals surface area (Å²) >= 11 is 0. The molecule has 5 nitrogen and oxygen atoms in total. The fraction of sp³-hybridized carbons (Fsp3) is 0.533. The van der Waals surface area contributed by atoms with Gasteiger partial charge in [0.25, 0.3) is 0 Å². The van der Waals surface area contributed by atoms with Crippen molar-refractivity contribution < 1.29 is 9.53 Å². The second-order valence-electron chi connectivity index (χ2n) is 4.73. The molecule has 5 heteroatoms. The summed E-state index contributed by atoms with van der Waals surface area (Å²) in [4.78, 5) is 15.3. The van der Waals surface area contributed by atoms with Crippen LogP contribution in [0.4, 0.5) is 5.82 Å². The van der Waals surface area contributed by atoms with E-state index in [2.05, 4.69) is 21.1 Å². The van der Waals surface area contributed by atoms with Gasteiger partial charge in [-0.3, -0.25) is 4.79 Å². The zero-order valence-corrected chi connectivity index (χ0v) is 12.3. The Morgan fingerprint density at radius 2 is 2.15 bits per heavy atom. The number of esters is 1. The Morgan fingerprint density at radius 3 is 2.80 bits per heavy atom. The average molecular weight is 275 g/mol. The smallest absolute Gasteiger partial charge is 0.305 e. The molecule has 0 fully saturated rings. The Bertz CT molecular complexity index is 507. The van der Waals surface area contributed by atoms with E-state index in [0.29, 0.717) is 17.8 Å². The number of anilines is 1. The van der Waals surface area contributed by atoms with Crippen molar-refractivity contribution in [2.75, 3.05) is 19.0 Å². The van der Waals surface area contributed by atoms with Crippen LogP contribution in [0, 0.1) is 25.2 Å². The third-order valence-corrected chi connectivity index (χ3v) is 3.03. The van der Waals surface area contributed by atoms with E-state index >= 15 is 0 Å². The topological polar surface area (TPSA) is 75.0 Å². The molecule has 0 aliphatic heterocycles. The van der Waals surface area contributed by atoms with Gasteiger partial charge in [0.15, 0.2) is 0 Å². The van der Waals surface area contributed by atoms with E-state index in [0.717, 1.165) is 37.1 Å². The summed E-state index contributed by atoms with van der Waals surface area (Å²) < 4.78 is 4.58. The molecule has 0 unspecified atom stereocenters. The van der Waals surface area contributed by atoms with Gasteiger partial charge in [-0.15, -0.1) is 0 Å².